The van der Waals surface area contributed by atoms with Crippen LogP contribution in [0, 0.1) is 0 Å². The van der Waals surface area contributed by atoms with Crippen LogP contribution in [-0.2, 0) is 24.9 Å². The molecule has 0 spiro atoms. The Morgan fingerprint density at radius 3 is 2.68 bits per heavy atom. The van der Waals surface area contributed by atoms with Gasteiger partial charge in [-0.05, 0) is 31.0 Å². The Morgan fingerprint density at radius 2 is 1.85 bits per heavy atom. The summed E-state index contributed by atoms with van der Waals surface area (Å²) >= 11 is 0. The van der Waals surface area contributed by atoms with Crippen molar-refractivity contribution in [3.05, 3.63) is 77.7 Å². The molecule has 2 unspecified atom stereocenters. The number of amides is 1. The lowest BCUT2D eigenvalue weighted by molar-refractivity contribution is -0.0704. The molecule has 1 saturated heterocycles. The highest BCUT2D eigenvalue weighted by molar-refractivity contribution is 6.04. The number of benzene rings is 2. The van der Waals surface area contributed by atoms with E-state index in [1.165, 1.54) is 5.56 Å². The van der Waals surface area contributed by atoms with Gasteiger partial charge in [0.1, 0.15) is 17.5 Å². The number of aromatic nitrogens is 2. The van der Waals surface area contributed by atoms with Crippen LogP contribution in [0.2, 0.25) is 0 Å². The second-order valence-corrected chi connectivity index (χ2v) is 9.16. The van der Waals surface area contributed by atoms with E-state index in [1.54, 1.807) is 17.1 Å². The standard InChI is InChI=1S/C27H30N4O3/c1-18-13-31(14-19(2)34-18)15-21-8-6-7-20(11-21)12-28-27(32)23-16-30(3)29-26(23)24-17-33-25-10-5-4-9-22(24)25/h4-11,16-19H,12-15H2,1-3H3,(H,28,32). The zero-order valence-corrected chi connectivity index (χ0v) is 19.8. The topological polar surface area (TPSA) is 72.5 Å². The van der Waals surface area contributed by atoms with Gasteiger partial charge in [0.25, 0.3) is 5.91 Å². The Hall–Kier alpha value is -3.42. The van der Waals surface area contributed by atoms with Gasteiger partial charge < -0.3 is 14.5 Å². The zero-order valence-electron chi connectivity index (χ0n) is 19.8. The molecule has 0 saturated carbocycles. The number of carbonyl (C=O) groups excluding carboxylic acids is 1. The van der Waals surface area contributed by atoms with Crippen LogP contribution in [0.15, 0.2) is 65.4 Å². The Bertz CT molecular complexity index is 1300. The first kappa shape index (κ1) is 22.4. The van der Waals surface area contributed by atoms with Crippen molar-refractivity contribution in [2.45, 2.75) is 39.1 Å². The summed E-state index contributed by atoms with van der Waals surface area (Å²) in [4.78, 5) is 15.6. The fourth-order valence-electron chi connectivity index (χ4n) is 4.80. The monoisotopic (exact) mass is 458 g/mol. The smallest absolute Gasteiger partial charge is 0.255 e. The molecule has 2 atom stereocenters. The van der Waals surface area contributed by atoms with Gasteiger partial charge in [-0.25, -0.2) is 0 Å². The van der Waals surface area contributed by atoms with Gasteiger partial charge in [-0.2, -0.15) is 5.10 Å². The van der Waals surface area contributed by atoms with Crippen LogP contribution in [0.1, 0.15) is 35.3 Å². The third-order valence-corrected chi connectivity index (χ3v) is 6.16. The van der Waals surface area contributed by atoms with Gasteiger partial charge in [0.2, 0.25) is 0 Å². The lowest BCUT2D eigenvalue weighted by Crippen LogP contribution is -2.44. The molecule has 1 amide bonds. The number of ether oxygens (including phenoxy) is 1. The second-order valence-electron chi connectivity index (χ2n) is 9.16. The van der Waals surface area contributed by atoms with Gasteiger partial charge >= 0.3 is 0 Å². The number of carbonyl (C=O) groups is 1. The molecule has 2 aromatic carbocycles. The zero-order chi connectivity index (χ0) is 23.7. The van der Waals surface area contributed by atoms with Gasteiger partial charge in [0.15, 0.2) is 0 Å². The van der Waals surface area contributed by atoms with Crippen molar-refractivity contribution in [1.82, 2.24) is 20.0 Å². The van der Waals surface area contributed by atoms with Crippen LogP contribution < -0.4 is 5.32 Å². The Morgan fingerprint density at radius 1 is 1.09 bits per heavy atom. The van der Waals surface area contributed by atoms with Gasteiger partial charge in [-0.15, -0.1) is 0 Å². The first-order valence-electron chi connectivity index (χ1n) is 11.7. The van der Waals surface area contributed by atoms with E-state index in [4.69, 9.17) is 9.15 Å². The molecular weight excluding hydrogens is 428 g/mol. The summed E-state index contributed by atoms with van der Waals surface area (Å²) in [5.41, 5.74) is 5.04. The van der Waals surface area contributed by atoms with Crippen LogP contribution in [0.5, 0.6) is 0 Å². The predicted molar refractivity (Wildman–Crippen MR) is 131 cm³/mol. The van der Waals surface area contributed by atoms with Crippen LogP contribution in [0.25, 0.3) is 22.2 Å². The molecule has 4 aromatic rings. The Balaban J connectivity index is 1.29. The Labute approximate surface area is 199 Å². The summed E-state index contributed by atoms with van der Waals surface area (Å²) in [5, 5.41) is 8.56. The highest BCUT2D eigenvalue weighted by Crippen LogP contribution is 2.31. The molecular formula is C27H30N4O3. The lowest BCUT2D eigenvalue weighted by atomic mass is 10.1. The molecule has 7 heteroatoms. The van der Waals surface area contributed by atoms with Crippen molar-refractivity contribution in [1.29, 1.82) is 0 Å². The fourth-order valence-corrected chi connectivity index (χ4v) is 4.80. The minimum absolute atomic E-state index is 0.158. The molecule has 3 heterocycles. The van der Waals surface area contributed by atoms with Gasteiger partial charge in [0, 0.05) is 50.4 Å². The number of nitrogens with one attached hydrogen (secondary N) is 1. The molecule has 1 N–H and O–H groups in total. The number of furan rings is 1. The number of fused-ring (bicyclic) bond motifs is 1. The minimum atomic E-state index is -0.158. The third kappa shape index (κ3) is 4.76. The molecule has 0 bridgehead atoms. The molecule has 1 aliphatic heterocycles. The number of hydrogen-bond donors (Lipinski definition) is 1. The van der Waals surface area contributed by atoms with Crippen molar-refractivity contribution in [2.75, 3.05) is 13.1 Å². The summed E-state index contributed by atoms with van der Waals surface area (Å²) < 4.78 is 13.2. The predicted octanol–water partition coefficient (Wildman–Crippen LogP) is 4.37. The molecule has 7 nitrogen and oxygen atoms in total. The number of rotatable bonds is 6. The summed E-state index contributed by atoms with van der Waals surface area (Å²) in [6, 6.07) is 16.2. The largest absolute Gasteiger partial charge is 0.464 e. The minimum Gasteiger partial charge on any atom is -0.464 e. The quantitative estimate of drug-likeness (QED) is 0.464. The van der Waals surface area contributed by atoms with Crippen molar-refractivity contribution >= 4 is 16.9 Å². The molecule has 0 radical (unpaired) electrons. The maximum atomic E-state index is 13.1. The Kier molecular flexibility index (Phi) is 6.22. The van der Waals surface area contributed by atoms with E-state index < -0.39 is 0 Å². The highest BCUT2D eigenvalue weighted by Gasteiger charge is 2.23. The average Bonchev–Trinajstić information content (AvgIpc) is 3.40. The van der Waals surface area contributed by atoms with E-state index in [0.29, 0.717) is 17.8 Å². The number of hydrogen-bond acceptors (Lipinski definition) is 5. The van der Waals surface area contributed by atoms with Crippen LogP contribution >= 0.6 is 0 Å². The summed E-state index contributed by atoms with van der Waals surface area (Å²) in [6.45, 7) is 7.42. The highest BCUT2D eigenvalue weighted by atomic mass is 16.5. The number of morpholine rings is 1. The van der Waals surface area contributed by atoms with Crippen molar-refractivity contribution < 1.29 is 13.9 Å². The number of para-hydroxylation sites is 1. The van der Waals surface area contributed by atoms with E-state index in [9.17, 15) is 4.79 Å². The SMILES string of the molecule is CC1CN(Cc2cccc(CNC(=O)c3cn(C)nc3-c3coc4ccccc34)c2)CC(C)O1. The van der Waals surface area contributed by atoms with E-state index in [-0.39, 0.29) is 18.1 Å². The molecule has 5 rings (SSSR count). The molecule has 0 aliphatic carbocycles. The van der Waals surface area contributed by atoms with Crippen molar-refractivity contribution in [3.8, 4) is 11.3 Å². The van der Waals surface area contributed by atoms with E-state index in [2.05, 4.69) is 47.4 Å². The number of aryl methyl sites for hydroxylation is 1. The van der Waals surface area contributed by atoms with Gasteiger partial charge in [-0.1, -0.05) is 42.5 Å². The van der Waals surface area contributed by atoms with E-state index in [1.807, 2.05) is 37.4 Å². The summed E-state index contributed by atoms with van der Waals surface area (Å²) in [6.07, 6.45) is 3.91. The molecule has 176 valence electrons. The second kappa shape index (κ2) is 9.44. The van der Waals surface area contributed by atoms with Crippen molar-refractivity contribution in [3.63, 3.8) is 0 Å². The maximum absolute atomic E-state index is 13.1. The van der Waals surface area contributed by atoms with Gasteiger partial charge in [-0.3, -0.25) is 14.4 Å². The molecule has 2 aromatic heterocycles. The van der Waals surface area contributed by atoms with E-state index in [0.717, 1.165) is 41.7 Å². The number of nitrogens with zero attached hydrogens (tertiary/aromatic N) is 3. The van der Waals surface area contributed by atoms with Crippen LogP contribution in [-0.4, -0.2) is 45.9 Å². The van der Waals surface area contributed by atoms with Crippen LogP contribution in [0.4, 0.5) is 0 Å². The lowest BCUT2D eigenvalue weighted by Gasteiger charge is -2.35. The maximum Gasteiger partial charge on any atom is 0.255 e. The average molecular weight is 459 g/mol. The first-order valence-corrected chi connectivity index (χ1v) is 11.7. The summed E-state index contributed by atoms with van der Waals surface area (Å²) in [7, 11) is 1.82. The van der Waals surface area contributed by atoms with Gasteiger partial charge in [0.05, 0.1) is 17.8 Å². The molecule has 1 fully saturated rings. The fraction of sp³-hybridized carbons (Fsp3) is 0.333. The molecule has 1 aliphatic rings. The normalized spacial score (nSPS) is 18.9. The first-order chi connectivity index (χ1) is 16.5. The third-order valence-electron chi connectivity index (χ3n) is 6.16. The summed E-state index contributed by atoms with van der Waals surface area (Å²) in [5.74, 6) is -0.158. The molecule has 34 heavy (non-hydrogen) atoms. The van der Waals surface area contributed by atoms with Crippen LogP contribution in [0.3, 0.4) is 0 Å². The van der Waals surface area contributed by atoms with E-state index >= 15 is 0 Å². The van der Waals surface area contributed by atoms with Crippen molar-refractivity contribution in [2.24, 2.45) is 7.05 Å².